The van der Waals surface area contributed by atoms with Gasteiger partial charge in [0.25, 0.3) is 5.91 Å². The number of carbonyl (C=O) groups is 2. The molecule has 0 aliphatic carbocycles. The molecule has 0 aromatic carbocycles. The summed E-state index contributed by atoms with van der Waals surface area (Å²) in [7, 11) is 0. The molecule has 0 atom stereocenters. The van der Waals surface area contributed by atoms with Crippen LogP contribution in [0.2, 0.25) is 0 Å². The van der Waals surface area contributed by atoms with Crippen LogP contribution in [0.4, 0.5) is 5.00 Å². The lowest BCUT2D eigenvalue weighted by atomic mass is 10.2. The van der Waals surface area contributed by atoms with Gasteiger partial charge in [-0.05, 0) is 19.9 Å². The van der Waals surface area contributed by atoms with Gasteiger partial charge >= 0.3 is 11.0 Å². The molecule has 0 saturated heterocycles. The van der Waals surface area contributed by atoms with E-state index in [4.69, 9.17) is 5.11 Å². The Morgan fingerprint density at radius 2 is 2.11 bits per heavy atom. The second kappa shape index (κ2) is 6.28. The van der Waals surface area contributed by atoms with E-state index in [2.05, 4.69) is 0 Å². The minimum absolute atomic E-state index is 0.0809. The van der Waals surface area contributed by atoms with Crippen molar-refractivity contribution >= 4 is 28.2 Å². The van der Waals surface area contributed by atoms with Gasteiger partial charge in [-0.15, -0.1) is 0 Å². The zero-order valence-electron chi connectivity index (χ0n) is 10.5. The summed E-state index contributed by atoms with van der Waals surface area (Å²) in [6, 6.07) is 2.49. The second-order valence-electron chi connectivity index (χ2n) is 4.13. The van der Waals surface area contributed by atoms with Crippen LogP contribution in [0.25, 0.3) is 0 Å². The van der Waals surface area contributed by atoms with Gasteiger partial charge in [-0.3, -0.25) is 19.7 Å². The van der Waals surface area contributed by atoms with E-state index in [1.165, 1.54) is 17.0 Å². The molecule has 0 aliphatic heterocycles. The molecule has 0 unspecified atom stereocenters. The summed E-state index contributed by atoms with van der Waals surface area (Å²) in [5.74, 6) is -1.37. The van der Waals surface area contributed by atoms with Crippen molar-refractivity contribution in [3.63, 3.8) is 0 Å². The summed E-state index contributed by atoms with van der Waals surface area (Å²) in [6.07, 6.45) is -0.155. The van der Waals surface area contributed by atoms with Crippen molar-refractivity contribution < 1.29 is 19.6 Å². The van der Waals surface area contributed by atoms with E-state index in [1.54, 1.807) is 13.8 Å². The standard InChI is InChI=1S/C11H14N2O5S/c1-7(2)12(6-5-10(14)15)11(16)8-3-4-9(19-8)13(17)18/h3-4,7H,5-6H2,1-2H3,(H,14,15). The van der Waals surface area contributed by atoms with Crippen LogP contribution >= 0.6 is 11.3 Å². The number of hydrogen-bond donors (Lipinski definition) is 1. The van der Waals surface area contributed by atoms with E-state index in [-0.39, 0.29) is 34.8 Å². The van der Waals surface area contributed by atoms with Gasteiger partial charge in [-0.25, -0.2) is 0 Å². The SMILES string of the molecule is CC(C)N(CCC(=O)O)C(=O)c1ccc([N+](=O)[O-])s1. The topological polar surface area (TPSA) is 101 Å². The largest absolute Gasteiger partial charge is 0.481 e. The molecule has 0 saturated carbocycles. The van der Waals surface area contributed by atoms with Crippen molar-refractivity contribution in [3.8, 4) is 0 Å². The van der Waals surface area contributed by atoms with Crippen LogP contribution in [0, 0.1) is 10.1 Å². The number of thiophene rings is 1. The van der Waals surface area contributed by atoms with Crippen LogP contribution in [0.1, 0.15) is 29.9 Å². The quantitative estimate of drug-likeness (QED) is 0.636. The highest BCUT2D eigenvalue weighted by atomic mass is 32.1. The van der Waals surface area contributed by atoms with E-state index < -0.39 is 10.9 Å². The average Bonchev–Trinajstić information content (AvgIpc) is 2.77. The van der Waals surface area contributed by atoms with Crippen molar-refractivity contribution in [1.29, 1.82) is 0 Å². The van der Waals surface area contributed by atoms with E-state index >= 15 is 0 Å². The summed E-state index contributed by atoms with van der Waals surface area (Å²) < 4.78 is 0. The number of amides is 1. The first-order valence-corrected chi connectivity index (χ1v) is 6.41. The van der Waals surface area contributed by atoms with E-state index in [0.29, 0.717) is 0 Å². The second-order valence-corrected chi connectivity index (χ2v) is 5.19. The normalized spacial score (nSPS) is 10.5. The molecule has 1 aromatic rings. The summed E-state index contributed by atoms with van der Waals surface area (Å²) >= 11 is 0.791. The zero-order valence-corrected chi connectivity index (χ0v) is 11.3. The van der Waals surface area contributed by atoms with Gasteiger partial charge in [-0.1, -0.05) is 11.3 Å². The molecule has 1 heterocycles. The maximum atomic E-state index is 12.2. The lowest BCUT2D eigenvalue weighted by Gasteiger charge is -2.25. The Morgan fingerprint density at radius 3 is 2.53 bits per heavy atom. The fraction of sp³-hybridized carbons (Fsp3) is 0.455. The summed E-state index contributed by atoms with van der Waals surface area (Å²) in [5, 5.41) is 19.1. The van der Waals surface area contributed by atoms with Gasteiger partial charge in [0.1, 0.15) is 0 Å². The summed E-state index contributed by atoms with van der Waals surface area (Å²) in [5.41, 5.74) is 0. The summed E-state index contributed by atoms with van der Waals surface area (Å²) in [6.45, 7) is 3.61. The molecule has 104 valence electrons. The molecular weight excluding hydrogens is 272 g/mol. The zero-order chi connectivity index (χ0) is 14.6. The van der Waals surface area contributed by atoms with Crippen molar-refractivity contribution in [2.45, 2.75) is 26.3 Å². The van der Waals surface area contributed by atoms with Gasteiger partial charge in [0.15, 0.2) is 0 Å². The fourth-order valence-corrected chi connectivity index (χ4v) is 2.27. The highest BCUT2D eigenvalue weighted by molar-refractivity contribution is 7.17. The Morgan fingerprint density at radius 1 is 1.47 bits per heavy atom. The van der Waals surface area contributed by atoms with Crippen LogP contribution < -0.4 is 0 Å². The van der Waals surface area contributed by atoms with Gasteiger partial charge < -0.3 is 10.0 Å². The number of rotatable bonds is 6. The predicted molar refractivity (Wildman–Crippen MR) is 69.4 cm³/mol. The van der Waals surface area contributed by atoms with Crippen LogP contribution in [0.5, 0.6) is 0 Å². The van der Waals surface area contributed by atoms with Crippen LogP contribution in [0.15, 0.2) is 12.1 Å². The summed E-state index contributed by atoms with van der Waals surface area (Å²) in [4.78, 5) is 34.4. The van der Waals surface area contributed by atoms with Crippen molar-refractivity contribution in [2.24, 2.45) is 0 Å². The molecule has 1 N–H and O–H groups in total. The van der Waals surface area contributed by atoms with Gasteiger partial charge in [-0.2, -0.15) is 0 Å². The van der Waals surface area contributed by atoms with Gasteiger partial charge in [0.2, 0.25) is 0 Å². The molecule has 7 nitrogen and oxygen atoms in total. The molecule has 1 aromatic heterocycles. The number of nitrogens with zero attached hydrogens (tertiary/aromatic N) is 2. The lowest BCUT2D eigenvalue weighted by molar-refractivity contribution is -0.380. The third kappa shape index (κ3) is 4.02. The molecule has 0 fully saturated rings. The van der Waals surface area contributed by atoms with Crippen molar-refractivity contribution in [3.05, 3.63) is 27.1 Å². The molecule has 1 amide bonds. The van der Waals surface area contributed by atoms with E-state index in [0.717, 1.165) is 11.3 Å². The maximum absolute atomic E-state index is 12.2. The van der Waals surface area contributed by atoms with Crippen molar-refractivity contribution in [2.75, 3.05) is 6.54 Å². The Hall–Kier alpha value is -1.96. The molecule has 0 spiro atoms. The Bertz CT molecular complexity index is 497. The fourth-order valence-electron chi connectivity index (χ4n) is 1.49. The smallest absolute Gasteiger partial charge is 0.324 e. The molecular formula is C11H14N2O5S. The van der Waals surface area contributed by atoms with Crippen LogP contribution in [-0.4, -0.2) is 39.4 Å². The number of carboxylic acids is 1. The first-order chi connectivity index (χ1) is 8.82. The van der Waals surface area contributed by atoms with Gasteiger partial charge in [0, 0.05) is 18.7 Å². The molecule has 19 heavy (non-hydrogen) atoms. The monoisotopic (exact) mass is 286 g/mol. The lowest BCUT2D eigenvalue weighted by Crippen LogP contribution is -2.38. The number of hydrogen-bond acceptors (Lipinski definition) is 5. The van der Waals surface area contributed by atoms with E-state index in [9.17, 15) is 19.7 Å². The molecule has 1 rings (SSSR count). The Labute approximate surface area is 113 Å². The molecule has 0 radical (unpaired) electrons. The van der Waals surface area contributed by atoms with Crippen LogP contribution in [-0.2, 0) is 4.79 Å². The highest BCUT2D eigenvalue weighted by Crippen LogP contribution is 2.25. The number of carbonyl (C=O) groups excluding carboxylic acids is 1. The molecule has 0 bridgehead atoms. The number of carboxylic acid groups (broad SMARTS) is 1. The highest BCUT2D eigenvalue weighted by Gasteiger charge is 2.23. The first kappa shape index (κ1) is 15.1. The maximum Gasteiger partial charge on any atom is 0.324 e. The van der Waals surface area contributed by atoms with Crippen molar-refractivity contribution in [1.82, 2.24) is 4.90 Å². The molecule has 0 aliphatic rings. The minimum atomic E-state index is -0.990. The third-order valence-electron chi connectivity index (χ3n) is 2.43. The first-order valence-electron chi connectivity index (χ1n) is 5.60. The minimum Gasteiger partial charge on any atom is -0.481 e. The third-order valence-corrected chi connectivity index (χ3v) is 3.46. The number of aliphatic carboxylic acids is 1. The predicted octanol–water partition coefficient (Wildman–Crippen LogP) is 1.98. The van der Waals surface area contributed by atoms with E-state index in [1.807, 2.05) is 0 Å². The Kier molecular flexibility index (Phi) is 4.99. The Balaban J connectivity index is 2.86. The average molecular weight is 286 g/mol. The molecule has 8 heteroatoms. The van der Waals surface area contributed by atoms with Crippen LogP contribution in [0.3, 0.4) is 0 Å². The number of nitro groups is 1. The van der Waals surface area contributed by atoms with Gasteiger partial charge in [0.05, 0.1) is 16.2 Å².